The largest absolute Gasteiger partial charge is 0.416 e. The van der Waals surface area contributed by atoms with Crippen molar-refractivity contribution in [2.45, 2.75) is 37.3 Å². The maximum atomic E-state index is 13.6. The number of alkyl halides is 3. The fourth-order valence-corrected chi connectivity index (χ4v) is 7.05. The Kier molecular flexibility index (Phi) is 10.2. The topological polar surface area (TPSA) is 90.9 Å². The summed E-state index contributed by atoms with van der Waals surface area (Å²) in [6, 6.07) is 28.3. The Hall–Kier alpha value is -4.58. The van der Waals surface area contributed by atoms with Gasteiger partial charge in [0, 0.05) is 35.3 Å². The van der Waals surface area contributed by atoms with Gasteiger partial charge in [-0.05, 0) is 59.7 Å². The minimum atomic E-state index is -4.43. The molecule has 0 saturated carbocycles. The van der Waals surface area contributed by atoms with E-state index in [1.165, 1.54) is 23.9 Å². The molecule has 2 amide bonds. The monoisotopic (exact) mass is 673 g/mol. The smallest absolute Gasteiger partial charge is 0.368 e. The summed E-state index contributed by atoms with van der Waals surface area (Å²) in [6.07, 6.45) is -4.23. The van der Waals surface area contributed by atoms with Gasteiger partial charge in [-0.3, -0.25) is 9.59 Å². The molecule has 1 fully saturated rings. The summed E-state index contributed by atoms with van der Waals surface area (Å²) in [5.74, 6) is -0.297. The van der Waals surface area contributed by atoms with E-state index in [0.29, 0.717) is 46.7 Å². The lowest BCUT2D eigenvalue weighted by atomic mass is 9.94. The number of amides is 2. The van der Waals surface area contributed by atoms with Crippen molar-refractivity contribution in [1.82, 2.24) is 10.2 Å². The molecule has 248 valence electrons. The van der Waals surface area contributed by atoms with Crippen LogP contribution >= 0.6 is 11.8 Å². The molecule has 0 aliphatic carbocycles. The first kappa shape index (κ1) is 33.3. The molecule has 1 saturated heterocycles. The fourth-order valence-electron chi connectivity index (χ4n) is 5.90. The van der Waals surface area contributed by atoms with E-state index in [1.54, 1.807) is 58.8 Å². The molecule has 4 aromatic rings. The van der Waals surface area contributed by atoms with Crippen molar-refractivity contribution in [3.05, 3.63) is 136 Å². The number of halogens is 3. The van der Waals surface area contributed by atoms with Gasteiger partial charge in [-0.1, -0.05) is 78.9 Å². The first-order chi connectivity index (χ1) is 23.2. The number of nitrogens with one attached hydrogen (secondary N) is 2. The minimum Gasteiger partial charge on any atom is -0.368 e. The van der Waals surface area contributed by atoms with Gasteiger partial charge in [0.05, 0.1) is 17.5 Å². The lowest BCUT2D eigenvalue weighted by Gasteiger charge is -2.35. The maximum absolute atomic E-state index is 13.6. The van der Waals surface area contributed by atoms with Crippen LogP contribution in [0.5, 0.6) is 0 Å². The SMILES string of the molecule is O=C(Nc1ccccc1C(O)OCc1ccccc1)C1=CSC(C2CCN(C(=O)c3ccccc3-c3ccc(C(F)(F)F)cc3)CC2)N1. The highest BCUT2D eigenvalue weighted by Gasteiger charge is 2.34. The number of hydrogen-bond acceptors (Lipinski definition) is 6. The highest BCUT2D eigenvalue weighted by atomic mass is 32.2. The molecule has 7 nitrogen and oxygen atoms in total. The van der Waals surface area contributed by atoms with Crippen LogP contribution in [0.2, 0.25) is 0 Å². The molecule has 3 N–H and O–H groups in total. The lowest BCUT2D eigenvalue weighted by molar-refractivity contribution is -0.137. The standard InChI is InChI=1S/C37H34F3N3O4S/c38-37(39,40)27-16-14-25(15-17-27)28-10-4-5-11-29(28)35(45)43-20-18-26(19-21-43)34-42-32(23-48-34)33(44)41-31-13-7-6-12-30(31)36(46)47-22-24-8-2-1-3-9-24/h1-17,23,26,34,36,42,46H,18-22H2,(H,41,44). The fraction of sp³-hybridized carbons (Fsp3) is 0.243. The Bertz CT molecular complexity index is 1770. The normalized spacial score (nSPS) is 17.4. The van der Waals surface area contributed by atoms with Crippen molar-refractivity contribution in [3.8, 4) is 11.1 Å². The van der Waals surface area contributed by atoms with E-state index in [-0.39, 0.29) is 29.7 Å². The number of carbonyl (C=O) groups excluding carboxylic acids is 2. The van der Waals surface area contributed by atoms with E-state index < -0.39 is 18.0 Å². The number of para-hydroxylation sites is 1. The zero-order valence-corrected chi connectivity index (χ0v) is 26.6. The predicted octanol–water partition coefficient (Wildman–Crippen LogP) is 7.57. The van der Waals surface area contributed by atoms with E-state index in [9.17, 15) is 27.9 Å². The van der Waals surface area contributed by atoms with Crippen LogP contribution in [0.1, 0.15) is 46.2 Å². The number of carbonyl (C=O) groups is 2. The van der Waals surface area contributed by atoms with Crippen LogP contribution in [0.3, 0.4) is 0 Å². The van der Waals surface area contributed by atoms with Crippen LogP contribution in [0.4, 0.5) is 18.9 Å². The molecule has 2 atom stereocenters. The molecule has 2 aliphatic rings. The third-order valence-electron chi connectivity index (χ3n) is 8.54. The highest BCUT2D eigenvalue weighted by Crippen LogP contribution is 2.36. The molecule has 2 aliphatic heterocycles. The summed E-state index contributed by atoms with van der Waals surface area (Å²) < 4.78 is 44.9. The number of piperidine rings is 1. The van der Waals surface area contributed by atoms with Gasteiger partial charge >= 0.3 is 6.18 Å². The number of benzene rings is 4. The zero-order chi connectivity index (χ0) is 33.7. The number of aliphatic hydroxyl groups excluding tert-OH is 1. The summed E-state index contributed by atoms with van der Waals surface area (Å²) in [5.41, 5.74) is 3.07. The molecule has 4 aromatic carbocycles. The van der Waals surface area contributed by atoms with Gasteiger partial charge in [0.2, 0.25) is 0 Å². The number of nitrogens with zero attached hydrogens (tertiary/aromatic N) is 1. The van der Waals surface area contributed by atoms with E-state index in [2.05, 4.69) is 10.6 Å². The average molecular weight is 674 g/mol. The number of ether oxygens (including phenoxy) is 1. The average Bonchev–Trinajstić information content (AvgIpc) is 3.62. The molecule has 6 rings (SSSR count). The molecule has 0 radical (unpaired) electrons. The third kappa shape index (κ3) is 7.75. The van der Waals surface area contributed by atoms with Crippen LogP contribution in [0.15, 0.2) is 114 Å². The third-order valence-corrected chi connectivity index (χ3v) is 9.70. The highest BCUT2D eigenvalue weighted by molar-refractivity contribution is 8.03. The molecular weight excluding hydrogens is 639 g/mol. The second kappa shape index (κ2) is 14.7. The zero-order valence-electron chi connectivity index (χ0n) is 25.8. The van der Waals surface area contributed by atoms with Gasteiger partial charge < -0.3 is 25.4 Å². The Balaban J connectivity index is 1.02. The van der Waals surface area contributed by atoms with Crippen LogP contribution < -0.4 is 10.6 Å². The van der Waals surface area contributed by atoms with Crippen LogP contribution in [0, 0.1) is 5.92 Å². The summed E-state index contributed by atoms with van der Waals surface area (Å²) in [5, 5.41) is 18.7. The summed E-state index contributed by atoms with van der Waals surface area (Å²) in [7, 11) is 0. The van der Waals surface area contributed by atoms with Crippen molar-refractivity contribution in [3.63, 3.8) is 0 Å². The molecule has 0 spiro atoms. The Morgan fingerprint density at radius 1 is 0.917 bits per heavy atom. The van der Waals surface area contributed by atoms with Gasteiger partial charge in [-0.15, -0.1) is 11.8 Å². The van der Waals surface area contributed by atoms with Gasteiger partial charge in [0.1, 0.15) is 5.70 Å². The van der Waals surface area contributed by atoms with Gasteiger partial charge in [-0.2, -0.15) is 13.2 Å². The van der Waals surface area contributed by atoms with Crippen LogP contribution in [-0.2, 0) is 22.3 Å². The molecule has 0 bridgehead atoms. The number of likely N-dealkylation sites (tertiary alicyclic amines) is 1. The molecular formula is C37H34F3N3O4S. The first-order valence-corrected chi connectivity index (χ1v) is 16.5. The van der Waals surface area contributed by atoms with Crippen molar-refractivity contribution < 1.29 is 32.6 Å². The van der Waals surface area contributed by atoms with Crippen LogP contribution in [0.25, 0.3) is 11.1 Å². The van der Waals surface area contributed by atoms with Crippen molar-refractivity contribution >= 4 is 29.3 Å². The Labute approximate surface area is 280 Å². The van der Waals surface area contributed by atoms with Crippen molar-refractivity contribution in [2.24, 2.45) is 5.92 Å². The molecule has 0 aromatic heterocycles. The van der Waals surface area contributed by atoms with Crippen molar-refractivity contribution in [1.29, 1.82) is 0 Å². The summed E-state index contributed by atoms with van der Waals surface area (Å²) in [6.45, 7) is 1.24. The molecule has 2 unspecified atom stereocenters. The molecule has 48 heavy (non-hydrogen) atoms. The van der Waals surface area contributed by atoms with Gasteiger partial charge in [0.15, 0.2) is 6.29 Å². The number of thioether (sulfide) groups is 1. The molecule has 11 heteroatoms. The second-order valence-electron chi connectivity index (χ2n) is 11.7. The maximum Gasteiger partial charge on any atom is 0.416 e. The van der Waals surface area contributed by atoms with E-state index in [4.69, 9.17) is 4.74 Å². The van der Waals surface area contributed by atoms with E-state index in [0.717, 1.165) is 30.5 Å². The van der Waals surface area contributed by atoms with Gasteiger partial charge in [-0.25, -0.2) is 0 Å². The second-order valence-corrected chi connectivity index (χ2v) is 12.7. The van der Waals surface area contributed by atoms with Crippen LogP contribution in [-0.4, -0.2) is 40.3 Å². The van der Waals surface area contributed by atoms with E-state index in [1.807, 2.05) is 30.3 Å². The lowest BCUT2D eigenvalue weighted by Crippen LogP contribution is -2.43. The Morgan fingerprint density at radius 2 is 1.58 bits per heavy atom. The summed E-state index contributed by atoms with van der Waals surface area (Å²) >= 11 is 1.53. The minimum absolute atomic E-state index is 0.0440. The van der Waals surface area contributed by atoms with Crippen molar-refractivity contribution in [2.75, 3.05) is 18.4 Å². The quantitative estimate of drug-likeness (QED) is 0.159. The number of anilines is 1. The number of rotatable bonds is 9. The predicted molar refractivity (Wildman–Crippen MR) is 179 cm³/mol. The number of hydrogen-bond donors (Lipinski definition) is 3. The Morgan fingerprint density at radius 3 is 2.31 bits per heavy atom. The molecule has 2 heterocycles. The van der Waals surface area contributed by atoms with Gasteiger partial charge in [0.25, 0.3) is 11.8 Å². The first-order valence-electron chi connectivity index (χ1n) is 15.6. The summed E-state index contributed by atoms with van der Waals surface area (Å²) in [4.78, 5) is 28.6. The van der Waals surface area contributed by atoms with E-state index >= 15 is 0 Å². The number of aliphatic hydroxyl groups is 1.